The molecule has 4 heteroatoms. The topological polar surface area (TPSA) is 0 Å². The zero-order chi connectivity index (χ0) is 16.7. The molecule has 0 aliphatic rings. The van der Waals surface area contributed by atoms with Crippen molar-refractivity contribution in [2.24, 2.45) is 0 Å². The molecule has 0 bridgehead atoms. The van der Waals surface area contributed by atoms with E-state index in [1.807, 2.05) is 48.5 Å². The number of rotatable bonds is 1. The molecular weight excluding hydrogens is 329 g/mol. The van der Waals surface area contributed by atoms with Gasteiger partial charge in [-0.15, -0.1) is 0 Å². The van der Waals surface area contributed by atoms with Crippen molar-refractivity contribution in [3.05, 3.63) is 78.4 Å². The van der Waals surface area contributed by atoms with E-state index in [2.05, 4.69) is 0 Å². The maximum Gasteiger partial charge on any atom is 0.416 e. The molecule has 0 fully saturated rings. The van der Waals surface area contributed by atoms with Crippen LogP contribution in [0, 0.1) is 0 Å². The Morgan fingerprint density at radius 1 is 0.625 bits per heavy atom. The van der Waals surface area contributed by atoms with Crippen LogP contribution in [-0.2, 0) is 6.18 Å². The molecule has 0 saturated carbocycles. The number of alkyl halides is 3. The molecule has 1 heterocycles. The molecule has 0 nitrogen and oxygen atoms in total. The van der Waals surface area contributed by atoms with E-state index >= 15 is 0 Å². The van der Waals surface area contributed by atoms with Gasteiger partial charge in [-0.1, -0.05) is 36.4 Å². The minimum atomic E-state index is -4.32. The molecule has 24 heavy (non-hydrogen) atoms. The second-order valence-electron chi connectivity index (χ2n) is 5.54. The van der Waals surface area contributed by atoms with Crippen LogP contribution in [0.5, 0.6) is 0 Å². The molecule has 118 valence electrons. The summed E-state index contributed by atoms with van der Waals surface area (Å²) in [6, 6.07) is 21.4. The first-order valence-electron chi connectivity index (χ1n) is 7.45. The molecule has 0 unspecified atom stereocenters. The molecule has 1 aromatic heterocycles. The third-order valence-corrected chi connectivity index (χ3v) is 5.19. The normalized spacial score (nSPS) is 12.0. The number of halogens is 3. The highest BCUT2D eigenvalue weighted by Crippen LogP contribution is 2.40. The van der Waals surface area contributed by atoms with Crippen LogP contribution < -0.4 is 0 Å². The van der Waals surface area contributed by atoms with Crippen molar-refractivity contribution < 1.29 is 13.2 Å². The van der Waals surface area contributed by atoms with Gasteiger partial charge in [0.25, 0.3) is 0 Å². The van der Waals surface area contributed by atoms with Crippen LogP contribution in [-0.4, -0.2) is 0 Å². The second kappa shape index (κ2) is 5.56. The number of fused-ring (bicyclic) bond motifs is 2. The Morgan fingerprint density at radius 2 is 1.12 bits per heavy atom. The Morgan fingerprint density at radius 3 is 1.62 bits per heavy atom. The summed E-state index contributed by atoms with van der Waals surface area (Å²) < 4.78 is 40.7. The van der Waals surface area contributed by atoms with Gasteiger partial charge in [0.2, 0.25) is 20.7 Å². The fourth-order valence-corrected chi connectivity index (χ4v) is 4.02. The summed E-state index contributed by atoms with van der Waals surface area (Å²) >= 11 is 1.69. The molecule has 0 aliphatic heterocycles. The van der Waals surface area contributed by atoms with E-state index in [1.54, 1.807) is 23.5 Å². The highest BCUT2D eigenvalue weighted by atomic mass is 32.1. The number of benzene rings is 3. The molecule has 0 spiro atoms. The highest BCUT2D eigenvalue weighted by Gasteiger charge is 2.30. The standard InChI is InChI=1S/C20H12F3S/c21-20(22,23)14-11-9-13(10-12-14)19-15-5-1-3-7-17(15)24-18-8-4-2-6-16(18)19/h1-12H/q+1. The van der Waals surface area contributed by atoms with E-state index in [4.69, 9.17) is 0 Å². The van der Waals surface area contributed by atoms with Gasteiger partial charge >= 0.3 is 6.18 Å². The monoisotopic (exact) mass is 341 g/mol. The van der Waals surface area contributed by atoms with Crippen molar-refractivity contribution in [2.75, 3.05) is 0 Å². The first-order valence-corrected chi connectivity index (χ1v) is 8.27. The summed E-state index contributed by atoms with van der Waals surface area (Å²) in [4.78, 5) is 0. The summed E-state index contributed by atoms with van der Waals surface area (Å²) in [6.07, 6.45) is -4.32. The van der Waals surface area contributed by atoms with E-state index in [0.717, 1.165) is 43.4 Å². The predicted molar refractivity (Wildman–Crippen MR) is 94.2 cm³/mol. The molecular formula is C20H12F3S+. The zero-order valence-electron chi connectivity index (χ0n) is 12.5. The average molecular weight is 341 g/mol. The van der Waals surface area contributed by atoms with E-state index in [1.165, 1.54) is 0 Å². The number of hydrogen-bond acceptors (Lipinski definition) is 0. The molecule has 0 radical (unpaired) electrons. The smallest absolute Gasteiger partial charge is 0.166 e. The quantitative estimate of drug-likeness (QED) is 0.258. The number of hydrogen-bond donors (Lipinski definition) is 0. The van der Waals surface area contributed by atoms with Crippen LogP contribution in [0.3, 0.4) is 0 Å². The van der Waals surface area contributed by atoms with Gasteiger partial charge in [0.1, 0.15) is 0 Å². The lowest BCUT2D eigenvalue weighted by atomic mass is 9.97. The van der Waals surface area contributed by atoms with Gasteiger partial charge in [-0.3, -0.25) is 0 Å². The van der Waals surface area contributed by atoms with Crippen LogP contribution in [0.15, 0.2) is 72.8 Å². The van der Waals surface area contributed by atoms with Gasteiger partial charge in [0.05, 0.1) is 5.56 Å². The Labute approximate surface area is 140 Å². The first-order chi connectivity index (χ1) is 11.5. The predicted octanol–water partition coefficient (Wildman–Crippen LogP) is 7.02. The van der Waals surface area contributed by atoms with Crippen LogP contribution in [0.1, 0.15) is 5.56 Å². The van der Waals surface area contributed by atoms with Gasteiger partial charge < -0.3 is 0 Å². The molecule has 4 rings (SSSR count). The van der Waals surface area contributed by atoms with E-state index in [-0.39, 0.29) is 0 Å². The molecule has 0 N–H and O–H groups in total. The summed E-state index contributed by atoms with van der Waals surface area (Å²) in [6.45, 7) is 0. The lowest BCUT2D eigenvalue weighted by Gasteiger charge is -2.09. The fourth-order valence-electron chi connectivity index (χ4n) is 2.92. The summed E-state index contributed by atoms with van der Waals surface area (Å²) in [7, 11) is 0. The largest absolute Gasteiger partial charge is 0.416 e. The van der Waals surface area contributed by atoms with Crippen LogP contribution in [0.2, 0.25) is 0 Å². The lowest BCUT2D eigenvalue weighted by Crippen LogP contribution is -2.04. The minimum absolute atomic E-state index is 0.626. The first kappa shape index (κ1) is 15.1. The van der Waals surface area contributed by atoms with E-state index in [9.17, 15) is 13.2 Å². The third-order valence-electron chi connectivity index (χ3n) is 4.03. The molecule has 0 atom stereocenters. The highest BCUT2D eigenvalue weighted by molar-refractivity contribution is 7.24. The minimum Gasteiger partial charge on any atom is -0.166 e. The maximum atomic E-state index is 12.8. The van der Waals surface area contributed by atoms with Crippen molar-refractivity contribution >= 4 is 31.5 Å². The Hall–Kier alpha value is -2.46. The van der Waals surface area contributed by atoms with Crippen molar-refractivity contribution in [2.45, 2.75) is 6.18 Å². The van der Waals surface area contributed by atoms with Gasteiger partial charge in [-0.25, -0.2) is 0 Å². The molecule has 0 saturated heterocycles. The van der Waals surface area contributed by atoms with Crippen molar-refractivity contribution in [3.63, 3.8) is 0 Å². The molecule has 0 aliphatic carbocycles. The van der Waals surface area contributed by atoms with E-state index < -0.39 is 11.7 Å². The fraction of sp³-hybridized carbons (Fsp3) is 0.0500. The third kappa shape index (κ3) is 2.53. The van der Waals surface area contributed by atoms with Gasteiger partial charge in [0, 0.05) is 28.5 Å². The lowest BCUT2D eigenvalue weighted by molar-refractivity contribution is -0.137. The molecule has 4 aromatic rings. The van der Waals surface area contributed by atoms with Crippen LogP contribution in [0.4, 0.5) is 13.2 Å². The van der Waals surface area contributed by atoms with Crippen molar-refractivity contribution in [3.8, 4) is 11.1 Å². The molecule has 0 amide bonds. The van der Waals surface area contributed by atoms with E-state index in [0.29, 0.717) is 0 Å². The van der Waals surface area contributed by atoms with Crippen LogP contribution in [0.25, 0.3) is 31.3 Å². The Kier molecular flexibility index (Phi) is 3.50. The van der Waals surface area contributed by atoms with Crippen LogP contribution >= 0.6 is 11.3 Å². The summed E-state index contributed by atoms with van der Waals surface area (Å²) in [5.41, 5.74) is 1.15. The summed E-state index contributed by atoms with van der Waals surface area (Å²) in [5, 5.41) is 2.11. The zero-order valence-corrected chi connectivity index (χ0v) is 13.3. The maximum absolute atomic E-state index is 12.8. The SMILES string of the molecule is FC(F)(F)c1ccc(-c2c3ccccc3[s+]c3ccccc23)cc1. The average Bonchev–Trinajstić information content (AvgIpc) is 2.59. The molecule has 3 aromatic carbocycles. The van der Waals surface area contributed by atoms with Gasteiger partial charge in [-0.05, 0) is 29.8 Å². The Balaban J connectivity index is 2.03. The van der Waals surface area contributed by atoms with Gasteiger partial charge in [0.15, 0.2) is 0 Å². The summed E-state index contributed by atoms with van der Waals surface area (Å²) in [5.74, 6) is 0. The van der Waals surface area contributed by atoms with Crippen molar-refractivity contribution in [1.29, 1.82) is 0 Å². The second-order valence-corrected chi connectivity index (χ2v) is 6.63. The Bertz CT molecular complexity index is 980. The van der Waals surface area contributed by atoms with Gasteiger partial charge in [-0.2, -0.15) is 13.2 Å². The van der Waals surface area contributed by atoms with Crippen molar-refractivity contribution in [1.82, 2.24) is 0 Å².